The maximum Gasteiger partial charge on any atom is 0.338 e. The number of benzene rings is 1. The summed E-state index contributed by atoms with van der Waals surface area (Å²) in [5.41, 5.74) is 3.28. The van der Waals surface area contributed by atoms with Crippen LogP contribution < -0.4 is 0 Å². The van der Waals surface area contributed by atoms with Gasteiger partial charge in [0.05, 0.1) is 18.4 Å². The number of hydrogen-bond acceptors (Lipinski definition) is 3. The zero-order chi connectivity index (χ0) is 16.9. The van der Waals surface area contributed by atoms with Gasteiger partial charge >= 0.3 is 5.97 Å². The molecule has 0 spiro atoms. The minimum Gasteiger partial charge on any atom is -0.465 e. The highest BCUT2D eigenvalue weighted by Crippen LogP contribution is 2.28. The normalized spacial score (nSPS) is 15.8. The van der Waals surface area contributed by atoms with Crippen LogP contribution in [0.5, 0.6) is 0 Å². The van der Waals surface area contributed by atoms with E-state index in [1.54, 1.807) is 6.07 Å². The van der Waals surface area contributed by atoms with E-state index >= 15 is 0 Å². The van der Waals surface area contributed by atoms with Crippen molar-refractivity contribution in [3.8, 4) is 0 Å². The Bertz CT molecular complexity index is 740. The van der Waals surface area contributed by atoms with Crippen LogP contribution in [0.25, 0.3) is 0 Å². The molecule has 126 valence electrons. The van der Waals surface area contributed by atoms with E-state index in [2.05, 4.69) is 28.0 Å². The molecule has 1 fully saturated rings. The molecule has 0 aliphatic heterocycles. The molecule has 4 nitrogen and oxygen atoms in total. The zero-order valence-corrected chi connectivity index (χ0v) is 14.4. The summed E-state index contributed by atoms with van der Waals surface area (Å²) < 4.78 is 7.13. The van der Waals surface area contributed by atoms with Gasteiger partial charge in [0, 0.05) is 30.2 Å². The lowest BCUT2D eigenvalue weighted by Crippen LogP contribution is -2.10. The van der Waals surface area contributed by atoms with Gasteiger partial charge < -0.3 is 9.30 Å². The molecule has 0 unspecified atom stereocenters. The quantitative estimate of drug-likeness (QED) is 0.596. The van der Waals surface area contributed by atoms with E-state index in [0.29, 0.717) is 11.6 Å². The van der Waals surface area contributed by atoms with Crippen LogP contribution in [-0.2, 0) is 4.74 Å². The first-order valence-corrected chi connectivity index (χ1v) is 8.58. The van der Waals surface area contributed by atoms with Crippen molar-refractivity contribution in [3.05, 3.63) is 53.3 Å². The monoisotopic (exact) mass is 324 g/mol. The van der Waals surface area contributed by atoms with Gasteiger partial charge in [0.2, 0.25) is 0 Å². The first-order chi connectivity index (χ1) is 11.7. The maximum absolute atomic E-state index is 11.8. The van der Waals surface area contributed by atoms with Crippen molar-refractivity contribution in [1.82, 2.24) is 4.57 Å². The van der Waals surface area contributed by atoms with Crippen molar-refractivity contribution in [3.63, 3.8) is 0 Å². The molecule has 1 aromatic carbocycles. The van der Waals surface area contributed by atoms with Crippen molar-refractivity contribution in [1.29, 1.82) is 0 Å². The molecule has 1 aliphatic carbocycles. The second-order valence-corrected chi connectivity index (χ2v) is 6.38. The minimum absolute atomic E-state index is 0.326. The smallest absolute Gasteiger partial charge is 0.338 e. The van der Waals surface area contributed by atoms with Gasteiger partial charge in [0.1, 0.15) is 0 Å². The number of hydrogen-bond donors (Lipinski definition) is 0. The minimum atomic E-state index is -0.326. The largest absolute Gasteiger partial charge is 0.465 e. The molecule has 24 heavy (non-hydrogen) atoms. The number of ether oxygens (including phenoxy) is 1. The fourth-order valence-electron chi connectivity index (χ4n) is 3.35. The van der Waals surface area contributed by atoms with Crippen LogP contribution in [0, 0.1) is 6.92 Å². The molecule has 4 heteroatoms. The van der Waals surface area contributed by atoms with Gasteiger partial charge in [-0.05, 0) is 43.5 Å². The number of aromatic nitrogens is 1. The van der Waals surface area contributed by atoms with Crippen LogP contribution in [-0.4, -0.2) is 23.9 Å². The second-order valence-electron chi connectivity index (χ2n) is 6.38. The van der Waals surface area contributed by atoms with Crippen LogP contribution >= 0.6 is 0 Å². The Labute approximate surface area is 143 Å². The highest BCUT2D eigenvalue weighted by molar-refractivity contribution is 5.93. The van der Waals surface area contributed by atoms with E-state index in [1.807, 2.05) is 25.3 Å². The van der Waals surface area contributed by atoms with E-state index in [4.69, 9.17) is 4.74 Å². The number of aliphatic imine (C=N–C) groups is 1. The first-order valence-electron chi connectivity index (χ1n) is 8.58. The summed E-state index contributed by atoms with van der Waals surface area (Å²) in [4.78, 5) is 16.3. The molecule has 0 saturated heterocycles. The van der Waals surface area contributed by atoms with Crippen LogP contribution in [0.2, 0.25) is 0 Å². The fraction of sp³-hybridized carbons (Fsp3) is 0.400. The average molecular weight is 324 g/mol. The van der Waals surface area contributed by atoms with Crippen LogP contribution in [0.3, 0.4) is 0 Å². The molecule has 0 atom stereocenters. The van der Waals surface area contributed by atoms with Gasteiger partial charge in [-0.1, -0.05) is 25.3 Å². The number of carbonyl (C=O) groups excluding carboxylic acids is 1. The maximum atomic E-state index is 11.8. The van der Waals surface area contributed by atoms with E-state index in [9.17, 15) is 4.79 Å². The van der Waals surface area contributed by atoms with Gasteiger partial charge in [-0.3, -0.25) is 4.99 Å². The second kappa shape index (κ2) is 7.47. The standard InChI is InChI=1S/C20H24N2O2/c1-15-18(20(23)24-2)9-6-10-19(15)21-13-16-11-12-22(14-16)17-7-4-3-5-8-17/h6,9-14,17H,3-5,7-8H2,1-2H3. The van der Waals surface area contributed by atoms with E-state index < -0.39 is 0 Å². The molecular weight excluding hydrogens is 300 g/mol. The summed E-state index contributed by atoms with van der Waals surface area (Å²) in [5.74, 6) is -0.326. The van der Waals surface area contributed by atoms with Gasteiger partial charge in [-0.15, -0.1) is 0 Å². The SMILES string of the molecule is COC(=O)c1cccc(N=Cc2ccn(C3CCCCC3)c2)c1C. The summed E-state index contributed by atoms with van der Waals surface area (Å²) in [6, 6.07) is 8.23. The van der Waals surface area contributed by atoms with Crippen LogP contribution in [0.1, 0.15) is 59.6 Å². The summed E-state index contributed by atoms with van der Waals surface area (Å²) in [6.45, 7) is 1.89. The summed E-state index contributed by atoms with van der Waals surface area (Å²) >= 11 is 0. The molecule has 0 N–H and O–H groups in total. The van der Waals surface area contributed by atoms with Gasteiger partial charge in [-0.25, -0.2) is 4.79 Å². The Hall–Kier alpha value is -2.36. The molecule has 0 radical (unpaired) electrons. The lowest BCUT2D eigenvalue weighted by atomic mass is 9.95. The Balaban J connectivity index is 1.76. The van der Waals surface area contributed by atoms with Crippen molar-refractivity contribution in [2.75, 3.05) is 7.11 Å². The highest BCUT2D eigenvalue weighted by Gasteiger charge is 2.14. The molecule has 1 aromatic heterocycles. The van der Waals surface area contributed by atoms with Crippen molar-refractivity contribution in [2.24, 2.45) is 4.99 Å². The first kappa shape index (κ1) is 16.5. The van der Waals surface area contributed by atoms with Crippen molar-refractivity contribution < 1.29 is 9.53 Å². The molecule has 1 aliphatic rings. The van der Waals surface area contributed by atoms with E-state index in [1.165, 1.54) is 39.2 Å². The summed E-state index contributed by atoms with van der Waals surface area (Å²) in [6.07, 6.45) is 12.7. The molecule has 0 bridgehead atoms. The summed E-state index contributed by atoms with van der Waals surface area (Å²) in [5, 5.41) is 0. The average Bonchev–Trinajstić information content (AvgIpc) is 3.10. The number of nitrogens with zero attached hydrogens (tertiary/aromatic N) is 2. The lowest BCUT2D eigenvalue weighted by Gasteiger charge is -2.23. The highest BCUT2D eigenvalue weighted by atomic mass is 16.5. The third-order valence-electron chi connectivity index (χ3n) is 4.80. The number of methoxy groups -OCH3 is 1. The van der Waals surface area contributed by atoms with Gasteiger partial charge in [-0.2, -0.15) is 0 Å². The van der Waals surface area contributed by atoms with Crippen molar-refractivity contribution in [2.45, 2.75) is 45.1 Å². The topological polar surface area (TPSA) is 43.6 Å². The molecule has 1 heterocycles. The molecule has 0 amide bonds. The van der Waals surface area contributed by atoms with Crippen LogP contribution in [0.15, 0.2) is 41.7 Å². The third-order valence-corrected chi connectivity index (χ3v) is 4.80. The fourth-order valence-corrected chi connectivity index (χ4v) is 3.35. The molecule has 1 saturated carbocycles. The molecule has 3 rings (SSSR count). The van der Waals surface area contributed by atoms with Crippen molar-refractivity contribution >= 4 is 17.9 Å². The molecular formula is C20H24N2O2. The number of esters is 1. The molecule has 2 aromatic rings. The third kappa shape index (κ3) is 3.58. The van der Waals surface area contributed by atoms with Gasteiger partial charge in [0.25, 0.3) is 0 Å². The predicted octanol–water partition coefficient (Wildman–Crippen LogP) is 4.84. The van der Waals surface area contributed by atoms with E-state index in [0.717, 1.165) is 16.8 Å². The Morgan fingerprint density at radius 3 is 2.79 bits per heavy atom. The zero-order valence-electron chi connectivity index (χ0n) is 14.4. The Morgan fingerprint density at radius 1 is 1.25 bits per heavy atom. The Kier molecular flexibility index (Phi) is 5.14. The van der Waals surface area contributed by atoms with Crippen LogP contribution in [0.4, 0.5) is 5.69 Å². The van der Waals surface area contributed by atoms with E-state index in [-0.39, 0.29) is 5.97 Å². The number of carbonyl (C=O) groups is 1. The Morgan fingerprint density at radius 2 is 2.04 bits per heavy atom. The number of rotatable bonds is 4. The lowest BCUT2D eigenvalue weighted by molar-refractivity contribution is 0.0600. The summed E-state index contributed by atoms with van der Waals surface area (Å²) in [7, 11) is 1.39. The van der Waals surface area contributed by atoms with Gasteiger partial charge in [0.15, 0.2) is 0 Å². The predicted molar refractivity (Wildman–Crippen MR) is 96.3 cm³/mol.